The monoisotopic (exact) mass is 345 g/mol. The Hall–Kier alpha value is -2.73. The highest BCUT2D eigenvalue weighted by Gasteiger charge is 2.20. The molecule has 0 saturated carbocycles. The van der Waals surface area contributed by atoms with E-state index >= 15 is 0 Å². The van der Waals surface area contributed by atoms with Gasteiger partial charge in [0.1, 0.15) is 6.04 Å². The number of carbonyl (C=O) groups is 1. The zero-order valence-electron chi connectivity index (χ0n) is 14.6. The Labute approximate surface area is 147 Å². The minimum atomic E-state index is -0.900. The molecule has 6 heteroatoms. The van der Waals surface area contributed by atoms with E-state index in [0.29, 0.717) is 30.2 Å². The van der Waals surface area contributed by atoms with Gasteiger partial charge in [0.15, 0.2) is 11.5 Å². The van der Waals surface area contributed by atoms with Gasteiger partial charge in [0, 0.05) is 12.1 Å². The third kappa shape index (κ3) is 4.64. The van der Waals surface area contributed by atoms with Crippen LogP contribution in [0.15, 0.2) is 42.5 Å². The molecule has 0 unspecified atom stereocenters. The molecule has 0 aliphatic carbocycles. The van der Waals surface area contributed by atoms with E-state index in [-0.39, 0.29) is 0 Å². The molecule has 25 heavy (non-hydrogen) atoms. The SMILES string of the molecule is COc1ccc(CN[C@@H](Cc2ccccc2)C(=O)O)c(OC)c1OC. The molecule has 0 spiro atoms. The van der Waals surface area contributed by atoms with Crippen LogP contribution in [0.1, 0.15) is 11.1 Å². The highest BCUT2D eigenvalue weighted by atomic mass is 16.5. The summed E-state index contributed by atoms with van der Waals surface area (Å²) < 4.78 is 16.0. The van der Waals surface area contributed by atoms with Crippen LogP contribution in [0.2, 0.25) is 0 Å². The fourth-order valence-electron chi connectivity index (χ4n) is 2.63. The summed E-state index contributed by atoms with van der Waals surface area (Å²) in [7, 11) is 4.63. The van der Waals surface area contributed by atoms with Crippen molar-refractivity contribution in [1.29, 1.82) is 0 Å². The van der Waals surface area contributed by atoms with E-state index < -0.39 is 12.0 Å². The fraction of sp³-hybridized carbons (Fsp3) is 0.316. The van der Waals surface area contributed by atoms with Crippen LogP contribution in [0.3, 0.4) is 0 Å². The summed E-state index contributed by atoms with van der Waals surface area (Å²) in [5.41, 5.74) is 1.75. The number of carboxylic acids is 1. The summed E-state index contributed by atoms with van der Waals surface area (Å²) in [5.74, 6) is 0.669. The van der Waals surface area contributed by atoms with E-state index in [1.807, 2.05) is 36.4 Å². The lowest BCUT2D eigenvalue weighted by atomic mass is 10.1. The molecule has 2 rings (SSSR count). The van der Waals surface area contributed by atoms with Crippen molar-refractivity contribution in [2.45, 2.75) is 19.0 Å². The van der Waals surface area contributed by atoms with Gasteiger partial charge in [0.2, 0.25) is 5.75 Å². The van der Waals surface area contributed by atoms with Crippen molar-refractivity contribution in [1.82, 2.24) is 5.32 Å². The lowest BCUT2D eigenvalue weighted by Crippen LogP contribution is -2.38. The van der Waals surface area contributed by atoms with Crippen molar-refractivity contribution < 1.29 is 24.1 Å². The van der Waals surface area contributed by atoms with E-state index in [1.54, 1.807) is 20.3 Å². The molecule has 0 amide bonds. The summed E-state index contributed by atoms with van der Waals surface area (Å²) >= 11 is 0. The molecule has 0 bridgehead atoms. The molecule has 0 aliphatic heterocycles. The van der Waals surface area contributed by atoms with Crippen LogP contribution in [0.5, 0.6) is 17.2 Å². The van der Waals surface area contributed by atoms with Crippen molar-refractivity contribution >= 4 is 5.97 Å². The van der Waals surface area contributed by atoms with E-state index in [4.69, 9.17) is 14.2 Å². The average Bonchev–Trinajstić information content (AvgIpc) is 2.64. The van der Waals surface area contributed by atoms with Crippen molar-refractivity contribution in [2.75, 3.05) is 21.3 Å². The first-order valence-corrected chi connectivity index (χ1v) is 7.88. The Balaban J connectivity index is 2.16. The van der Waals surface area contributed by atoms with Crippen LogP contribution in [-0.4, -0.2) is 38.4 Å². The second-order valence-electron chi connectivity index (χ2n) is 5.45. The molecule has 0 fully saturated rings. The zero-order chi connectivity index (χ0) is 18.2. The van der Waals surface area contributed by atoms with Gasteiger partial charge in [-0.05, 0) is 18.1 Å². The summed E-state index contributed by atoms with van der Waals surface area (Å²) in [5, 5.41) is 12.6. The Morgan fingerprint density at radius 1 is 1.00 bits per heavy atom. The zero-order valence-corrected chi connectivity index (χ0v) is 14.6. The molecule has 0 aliphatic rings. The van der Waals surface area contributed by atoms with Gasteiger partial charge in [-0.15, -0.1) is 0 Å². The molecule has 2 aromatic carbocycles. The molecule has 0 saturated heterocycles. The highest BCUT2D eigenvalue weighted by molar-refractivity contribution is 5.74. The quantitative estimate of drug-likeness (QED) is 0.727. The standard InChI is InChI=1S/C19H23NO5/c1-23-16-10-9-14(17(24-2)18(16)25-3)12-20-15(19(21)22)11-13-7-5-4-6-8-13/h4-10,15,20H,11-12H2,1-3H3,(H,21,22)/t15-/m0/s1. The second kappa shape index (κ2) is 8.94. The van der Waals surface area contributed by atoms with Crippen molar-refractivity contribution in [3.8, 4) is 17.2 Å². The third-order valence-corrected chi connectivity index (χ3v) is 3.91. The Kier molecular flexibility index (Phi) is 6.65. The van der Waals surface area contributed by atoms with Crippen LogP contribution in [-0.2, 0) is 17.8 Å². The maximum atomic E-state index is 11.6. The van der Waals surface area contributed by atoms with Gasteiger partial charge in [-0.3, -0.25) is 10.1 Å². The minimum Gasteiger partial charge on any atom is -0.493 e. The van der Waals surface area contributed by atoms with Crippen LogP contribution < -0.4 is 19.5 Å². The first-order valence-electron chi connectivity index (χ1n) is 7.88. The number of ether oxygens (including phenoxy) is 3. The molecular formula is C19H23NO5. The summed E-state index contributed by atoms with van der Waals surface area (Å²) in [6.07, 6.45) is 0.395. The van der Waals surface area contributed by atoms with Crippen molar-refractivity contribution in [3.63, 3.8) is 0 Å². The Morgan fingerprint density at radius 2 is 1.68 bits per heavy atom. The molecule has 134 valence electrons. The van der Waals surface area contributed by atoms with Crippen LogP contribution in [0.4, 0.5) is 0 Å². The van der Waals surface area contributed by atoms with E-state index in [9.17, 15) is 9.90 Å². The predicted octanol–water partition coefficient (Wildman–Crippen LogP) is 2.50. The lowest BCUT2D eigenvalue weighted by molar-refractivity contribution is -0.139. The van der Waals surface area contributed by atoms with Crippen molar-refractivity contribution in [3.05, 3.63) is 53.6 Å². The topological polar surface area (TPSA) is 77.0 Å². The van der Waals surface area contributed by atoms with Gasteiger partial charge in [0.25, 0.3) is 0 Å². The van der Waals surface area contributed by atoms with E-state index in [2.05, 4.69) is 5.32 Å². The lowest BCUT2D eigenvalue weighted by Gasteiger charge is -2.18. The molecule has 0 radical (unpaired) electrons. The van der Waals surface area contributed by atoms with Gasteiger partial charge in [-0.2, -0.15) is 0 Å². The molecule has 6 nitrogen and oxygen atoms in total. The number of benzene rings is 2. The van der Waals surface area contributed by atoms with Crippen molar-refractivity contribution in [2.24, 2.45) is 0 Å². The Bertz CT molecular complexity index is 702. The smallest absolute Gasteiger partial charge is 0.321 e. The van der Waals surface area contributed by atoms with E-state index in [1.165, 1.54) is 7.11 Å². The largest absolute Gasteiger partial charge is 0.493 e. The summed E-state index contributed by atoms with van der Waals surface area (Å²) in [4.78, 5) is 11.6. The molecule has 1 atom stereocenters. The van der Waals surface area contributed by atoms with Gasteiger partial charge in [-0.25, -0.2) is 0 Å². The second-order valence-corrected chi connectivity index (χ2v) is 5.45. The predicted molar refractivity (Wildman–Crippen MR) is 94.5 cm³/mol. The minimum absolute atomic E-state index is 0.327. The molecule has 0 heterocycles. The van der Waals surface area contributed by atoms with Gasteiger partial charge < -0.3 is 19.3 Å². The molecular weight excluding hydrogens is 322 g/mol. The number of hydrogen-bond donors (Lipinski definition) is 2. The van der Waals surface area contributed by atoms with Gasteiger partial charge in [0.05, 0.1) is 21.3 Å². The average molecular weight is 345 g/mol. The van der Waals surface area contributed by atoms with Gasteiger partial charge >= 0.3 is 5.97 Å². The number of aliphatic carboxylic acids is 1. The summed E-state index contributed by atoms with van der Waals surface area (Å²) in [6, 6.07) is 12.4. The highest BCUT2D eigenvalue weighted by Crippen LogP contribution is 2.39. The summed E-state index contributed by atoms with van der Waals surface area (Å²) in [6.45, 7) is 0.327. The molecule has 0 aromatic heterocycles. The normalized spacial score (nSPS) is 11.6. The number of carboxylic acid groups (broad SMARTS) is 1. The van der Waals surface area contributed by atoms with Gasteiger partial charge in [-0.1, -0.05) is 36.4 Å². The number of rotatable bonds is 9. The number of methoxy groups -OCH3 is 3. The van der Waals surface area contributed by atoms with E-state index in [0.717, 1.165) is 11.1 Å². The Morgan fingerprint density at radius 3 is 2.24 bits per heavy atom. The van der Waals surface area contributed by atoms with Crippen LogP contribution in [0.25, 0.3) is 0 Å². The maximum absolute atomic E-state index is 11.6. The van der Waals surface area contributed by atoms with Crippen LogP contribution in [0, 0.1) is 0 Å². The fourth-order valence-corrected chi connectivity index (χ4v) is 2.63. The molecule has 2 N–H and O–H groups in total. The first-order chi connectivity index (χ1) is 12.1. The number of nitrogens with one attached hydrogen (secondary N) is 1. The maximum Gasteiger partial charge on any atom is 0.321 e. The number of hydrogen-bond acceptors (Lipinski definition) is 5. The third-order valence-electron chi connectivity index (χ3n) is 3.91. The first kappa shape index (κ1) is 18.6. The van der Waals surface area contributed by atoms with Crippen LogP contribution >= 0.6 is 0 Å². The molecule has 2 aromatic rings.